The number of rotatable bonds is 13. The molecule has 2 aromatic heterocycles. The van der Waals surface area contributed by atoms with Crippen molar-refractivity contribution in [2.45, 2.75) is 82.3 Å². The molecule has 0 bridgehead atoms. The Morgan fingerprint density at radius 1 is 0.842 bits per heavy atom. The summed E-state index contributed by atoms with van der Waals surface area (Å²) < 4.78 is 15.5. The molecular formula is C41H52N8O8. The number of carboxylic acid groups (broad SMARTS) is 1. The third kappa shape index (κ3) is 8.23. The van der Waals surface area contributed by atoms with Gasteiger partial charge in [0.2, 0.25) is 11.8 Å². The number of likely N-dealkylation sites (N-methyl/N-ethyl adjacent to an activating group) is 1. The number of imidazole rings is 2. The first kappa shape index (κ1) is 40.9. The minimum absolute atomic E-state index is 0.256. The number of carbonyl (C=O) groups excluding carboxylic acids is 3. The molecule has 6 rings (SSSR count). The maximum Gasteiger partial charge on any atom is 0.407 e. The van der Waals surface area contributed by atoms with Crippen LogP contribution in [0.2, 0.25) is 0 Å². The number of methoxy groups -OCH3 is 3. The van der Waals surface area contributed by atoms with Gasteiger partial charge in [0.25, 0.3) is 0 Å². The van der Waals surface area contributed by atoms with Gasteiger partial charge in [0.1, 0.15) is 23.7 Å². The highest BCUT2D eigenvalue weighted by atomic mass is 16.5. The molecule has 16 nitrogen and oxygen atoms in total. The predicted molar refractivity (Wildman–Crippen MR) is 211 cm³/mol. The molecule has 57 heavy (non-hydrogen) atoms. The van der Waals surface area contributed by atoms with Crippen molar-refractivity contribution in [1.82, 2.24) is 40.0 Å². The average molecular weight is 785 g/mol. The molecule has 4 amide bonds. The molecular weight excluding hydrogens is 732 g/mol. The standard InChI is InChI=1S/C41H52N8O8/c1-24(55-5)33(46-39(52)57-7)36(50)48-20-8-10-32(48)35-42-22-30(44-35)28-15-11-26(12-16-28)27-13-17-29(18-14-27)31-23-43-38(45-31)41(3)19-9-21-49(41)37(51)34(25(2)56-6)47(4)40(53)54/h11-18,22-25,32-34H,8-10,19-21H2,1-7H3,(H,42,44)(H,43,45)(H,46,52)(H,53,54)/t24-,25-,32?,33+,34+,41?/m1/s1. The molecule has 4 heterocycles. The van der Waals surface area contributed by atoms with Crippen LogP contribution in [0, 0.1) is 0 Å². The molecule has 304 valence electrons. The summed E-state index contributed by atoms with van der Waals surface area (Å²) in [5, 5.41) is 12.3. The summed E-state index contributed by atoms with van der Waals surface area (Å²) in [6.07, 6.45) is 3.40. The van der Waals surface area contributed by atoms with Gasteiger partial charge in [-0.3, -0.25) is 14.5 Å². The molecule has 4 aromatic rings. The predicted octanol–water partition coefficient (Wildman–Crippen LogP) is 5.41. The summed E-state index contributed by atoms with van der Waals surface area (Å²) in [7, 11) is 5.60. The molecule has 2 fully saturated rings. The van der Waals surface area contributed by atoms with E-state index in [1.807, 2.05) is 55.5 Å². The lowest BCUT2D eigenvalue weighted by molar-refractivity contribution is -0.144. The second kappa shape index (κ2) is 17.2. The van der Waals surface area contributed by atoms with Crippen molar-refractivity contribution in [3.05, 3.63) is 72.6 Å². The van der Waals surface area contributed by atoms with E-state index in [1.54, 1.807) is 36.0 Å². The van der Waals surface area contributed by atoms with Gasteiger partial charge in [-0.05, 0) is 68.7 Å². The summed E-state index contributed by atoms with van der Waals surface area (Å²) in [5.41, 5.74) is 4.80. The molecule has 2 saturated heterocycles. The van der Waals surface area contributed by atoms with E-state index in [0.29, 0.717) is 31.2 Å². The smallest absolute Gasteiger partial charge is 0.407 e. The number of carbonyl (C=O) groups is 4. The minimum atomic E-state index is -1.20. The number of hydrogen-bond donors (Lipinski definition) is 4. The third-order valence-corrected chi connectivity index (χ3v) is 11.5. The zero-order valence-corrected chi connectivity index (χ0v) is 33.4. The SMILES string of the molecule is COC(=O)N[C@H](C(=O)N1CCCC1c1ncc(-c2ccc(-c3ccc(-c4cnc(C5(C)CCCN5C(=O)[C@H]([C@@H](C)OC)N(C)C(=O)O)[nH]4)cc3)cc2)[nH]1)[C@@H](C)OC. The van der Waals surface area contributed by atoms with Crippen LogP contribution in [0.15, 0.2) is 60.9 Å². The van der Waals surface area contributed by atoms with Gasteiger partial charge in [-0.1, -0.05) is 48.5 Å². The van der Waals surface area contributed by atoms with E-state index in [0.717, 1.165) is 57.8 Å². The summed E-state index contributed by atoms with van der Waals surface area (Å²) in [6.45, 7) is 6.40. The van der Waals surface area contributed by atoms with E-state index >= 15 is 0 Å². The zero-order chi connectivity index (χ0) is 41.0. The Morgan fingerprint density at radius 3 is 2.00 bits per heavy atom. The van der Waals surface area contributed by atoms with Crippen LogP contribution >= 0.6 is 0 Å². The molecule has 2 aliphatic rings. The molecule has 0 spiro atoms. The summed E-state index contributed by atoms with van der Waals surface area (Å²) in [5.74, 6) is 0.741. The molecule has 16 heteroatoms. The van der Waals surface area contributed by atoms with Crippen LogP contribution in [0.1, 0.15) is 64.1 Å². The first-order chi connectivity index (χ1) is 27.3. The first-order valence-electron chi connectivity index (χ1n) is 19.1. The maximum absolute atomic E-state index is 13.9. The van der Waals surface area contributed by atoms with Gasteiger partial charge in [0, 0.05) is 34.4 Å². The first-order valence-corrected chi connectivity index (χ1v) is 19.1. The van der Waals surface area contributed by atoms with E-state index in [9.17, 15) is 24.3 Å². The highest BCUT2D eigenvalue weighted by Gasteiger charge is 2.47. The van der Waals surface area contributed by atoms with Crippen LogP contribution in [0.5, 0.6) is 0 Å². The Balaban J connectivity index is 1.13. The van der Waals surface area contributed by atoms with Crippen LogP contribution in [0.4, 0.5) is 9.59 Å². The van der Waals surface area contributed by atoms with Crippen LogP contribution < -0.4 is 5.32 Å². The topological polar surface area (TPSA) is 195 Å². The molecule has 6 atom stereocenters. The van der Waals surface area contributed by atoms with Crippen molar-refractivity contribution in [1.29, 1.82) is 0 Å². The summed E-state index contributed by atoms with van der Waals surface area (Å²) in [6, 6.07) is 14.1. The molecule has 0 aliphatic carbocycles. The second-order valence-electron chi connectivity index (χ2n) is 14.9. The van der Waals surface area contributed by atoms with E-state index in [2.05, 4.69) is 20.3 Å². The van der Waals surface area contributed by atoms with Gasteiger partial charge in [-0.25, -0.2) is 19.6 Å². The lowest BCUT2D eigenvalue weighted by Gasteiger charge is -2.39. The van der Waals surface area contributed by atoms with Gasteiger partial charge >= 0.3 is 12.2 Å². The lowest BCUT2D eigenvalue weighted by atomic mass is 9.96. The average Bonchev–Trinajstić information content (AvgIpc) is 4.06. The molecule has 4 N–H and O–H groups in total. The fourth-order valence-corrected chi connectivity index (χ4v) is 7.93. The van der Waals surface area contributed by atoms with E-state index in [1.165, 1.54) is 28.4 Å². The van der Waals surface area contributed by atoms with Crippen molar-refractivity contribution in [3.63, 3.8) is 0 Å². The molecule has 0 radical (unpaired) electrons. The Labute approximate surface area is 331 Å². The van der Waals surface area contributed by atoms with E-state index in [4.69, 9.17) is 19.2 Å². The third-order valence-electron chi connectivity index (χ3n) is 11.5. The van der Waals surface area contributed by atoms with Gasteiger partial charge in [0.05, 0.1) is 54.7 Å². The van der Waals surface area contributed by atoms with Crippen LogP contribution in [0.25, 0.3) is 33.6 Å². The number of nitrogens with zero attached hydrogens (tertiary/aromatic N) is 5. The highest BCUT2D eigenvalue weighted by Crippen LogP contribution is 2.39. The quantitative estimate of drug-likeness (QED) is 0.136. The Bertz CT molecular complexity index is 2050. The number of ether oxygens (including phenoxy) is 3. The zero-order valence-electron chi connectivity index (χ0n) is 33.4. The number of alkyl carbamates (subject to hydrolysis) is 1. The molecule has 2 aromatic carbocycles. The van der Waals surface area contributed by atoms with E-state index < -0.39 is 42.0 Å². The van der Waals surface area contributed by atoms with Crippen molar-refractivity contribution in [2.24, 2.45) is 0 Å². The van der Waals surface area contributed by atoms with Crippen LogP contribution in [-0.2, 0) is 29.3 Å². The Morgan fingerprint density at radius 2 is 1.42 bits per heavy atom. The Hall–Kier alpha value is -5.74. The number of H-pyrrole nitrogens is 2. The second-order valence-corrected chi connectivity index (χ2v) is 14.9. The van der Waals surface area contributed by atoms with Crippen LogP contribution in [0.3, 0.4) is 0 Å². The van der Waals surface area contributed by atoms with E-state index in [-0.39, 0.29) is 17.9 Å². The fraction of sp³-hybridized carbons (Fsp3) is 0.463. The monoisotopic (exact) mass is 784 g/mol. The number of aromatic nitrogens is 4. The van der Waals surface area contributed by atoms with Crippen molar-refractivity contribution >= 4 is 24.0 Å². The lowest BCUT2D eigenvalue weighted by Crippen LogP contribution is -2.57. The number of hydrogen-bond acceptors (Lipinski definition) is 9. The van der Waals surface area contributed by atoms with Gasteiger partial charge in [-0.15, -0.1) is 0 Å². The molecule has 2 aliphatic heterocycles. The molecule has 2 unspecified atom stereocenters. The number of aromatic amines is 2. The van der Waals surface area contributed by atoms with Gasteiger partial charge in [0.15, 0.2) is 0 Å². The number of likely N-dealkylation sites (tertiary alicyclic amines) is 2. The number of nitrogens with one attached hydrogen (secondary N) is 3. The summed E-state index contributed by atoms with van der Waals surface area (Å²) >= 11 is 0. The summed E-state index contributed by atoms with van der Waals surface area (Å²) in [4.78, 5) is 72.0. The highest BCUT2D eigenvalue weighted by molar-refractivity contribution is 5.87. The normalized spacial score (nSPS) is 20.2. The minimum Gasteiger partial charge on any atom is -0.465 e. The van der Waals surface area contributed by atoms with Crippen LogP contribution in [-0.4, -0.2) is 130 Å². The van der Waals surface area contributed by atoms with Gasteiger partial charge < -0.3 is 44.4 Å². The fourth-order valence-electron chi connectivity index (χ4n) is 7.93. The largest absolute Gasteiger partial charge is 0.465 e. The molecule has 0 saturated carbocycles. The van der Waals surface area contributed by atoms with Crippen molar-refractivity contribution in [3.8, 4) is 33.6 Å². The Kier molecular flexibility index (Phi) is 12.3. The van der Waals surface area contributed by atoms with Gasteiger partial charge in [-0.2, -0.15) is 0 Å². The van der Waals surface area contributed by atoms with Crippen molar-refractivity contribution < 1.29 is 38.5 Å². The maximum atomic E-state index is 13.9. The number of benzene rings is 2. The number of amides is 4. The van der Waals surface area contributed by atoms with Crippen molar-refractivity contribution in [2.75, 3.05) is 41.5 Å².